The molecule has 1 amide bonds. The molecule has 2 heterocycles. The highest BCUT2D eigenvalue weighted by atomic mass is 16.5. The van der Waals surface area contributed by atoms with E-state index in [9.17, 15) is 4.79 Å². The number of nitrogens with one attached hydrogen (secondary N) is 1. The van der Waals surface area contributed by atoms with E-state index < -0.39 is 0 Å². The van der Waals surface area contributed by atoms with E-state index in [-0.39, 0.29) is 12.0 Å². The first-order valence-corrected chi connectivity index (χ1v) is 6.69. The molecule has 2 aliphatic heterocycles. The van der Waals surface area contributed by atoms with Crippen molar-refractivity contribution in [1.29, 1.82) is 0 Å². The average Bonchev–Trinajstić information content (AvgIpc) is 2.75. The fourth-order valence-electron chi connectivity index (χ4n) is 3.02. The van der Waals surface area contributed by atoms with Gasteiger partial charge in [0.05, 0.1) is 18.6 Å². The lowest BCUT2D eigenvalue weighted by Crippen LogP contribution is -2.50. The van der Waals surface area contributed by atoms with Crippen LogP contribution in [-0.2, 0) is 9.53 Å². The van der Waals surface area contributed by atoms with Crippen molar-refractivity contribution in [3.05, 3.63) is 0 Å². The average molecular weight is 240 g/mol. The predicted molar refractivity (Wildman–Crippen MR) is 66.7 cm³/mol. The smallest absolute Gasteiger partial charge is 0.228 e. The third-order valence-corrected chi connectivity index (χ3v) is 4.14. The lowest BCUT2D eigenvalue weighted by atomic mass is 9.92. The summed E-state index contributed by atoms with van der Waals surface area (Å²) < 4.78 is 5.49. The number of carbonyl (C=O) groups is 1. The Labute approximate surface area is 104 Å². The summed E-state index contributed by atoms with van der Waals surface area (Å²) in [5.41, 5.74) is 0. The molecule has 98 valence electrons. The van der Waals surface area contributed by atoms with Crippen LogP contribution in [0.5, 0.6) is 0 Å². The van der Waals surface area contributed by atoms with Gasteiger partial charge in [0.15, 0.2) is 0 Å². The summed E-state index contributed by atoms with van der Waals surface area (Å²) in [6.45, 7) is 6.65. The van der Waals surface area contributed by atoms with E-state index in [1.807, 2.05) is 18.9 Å². The summed E-state index contributed by atoms with van der Waals surface area (Å²) >= 11 is 0. The van der Waals surface area contributed by atoms with Crippen LogP contribution < -0.4 is 5.32 Å². The Morgan fingerprint density at radius 1 is 1.41 bits per heavy atom. The molecule has 0 aliphatic carbocycles. The summed E-state index contributed by atoms with van der Waals surface area (Å²) in [5.74, 6) is 0.941. The summed E-state index contributed by atoms with van der Waals surface area (Å²) in [5, 5.41) is 3.33. The topological polar surface area (TPSA) is 41.6 Å². The van der Waals surface area contributed by atoms with Crippen molar-refractivity contribution in [2.75, 3.05) is 26.7 Å². The third kappa shape index (κ3) is 2.80. The lowest BCUT2D eigenvalue weighted by molar-refractivity contribution is -0.137. The largest absolute Gasteiger partial charge is 0.378 e. The third-order valence-electron chi connectivity index (χ3n) is 4.14. The molecule has 4 unspecified atom stereocenters. The number of ether oxygens (including phenoxy) is 1. The Hall–Kier alpha value is -0.610. The highest BCUT2D eigenvalue weighted by Gasteiger charge is 2.34. The van der Waals surface area contributed by atoms with Gasteiger partial charge in [0.1, 0.15) is 0 Å². The Morgan fingerprint density at radius 2 is 2.18 bits per heavy atom. The van der Waals surface area contributed by atoms with E-state index in [0.29, 0.717) is 24.5 Å². The molecule has 2 aliphatic rings. The van der Waals surface area contributed by atoms with Crippen LogP contribution in [0, 0.1) is 11.8 Å². The number of hydrogen-bond acceptors (Lipinski definition) is 3. The van der Waals surface area contributed by atoms with Gasteiger partial charge in [-0.2, -0.15) is 0 Å². The van der Waals surface area contributed by atoms with Crippen LogP contribution in [0.3, 0.4) is 0 Å². The first kappa shape index (κ1) is 12.8. The minimum absolute atomic E-state index is 0.100. The molecule has 4 atom stereocenters. The van der Waals surface area contributed by atoms with Gasteiger partial charge in [0, 0.05) is 19.1 Å². The van der Waals surface area contributed by atoms with Crippen LogP contribution in [0.25, 0.3) is 0 Å². The molecular formula is C13H24N2O2. The zero-order chi connectivity index (χ0) is 12.4. The van der Waals surface area contributed by atoms with Gasteiger partial charge in [0.25, 0.3) is 0 Å². The van der Waals surface area contributed by atoms with Gasteiger partial charge in [0.2, 0.25) is 5.91 Å². The Morgan fingerprint density at radius 3 is 2.71 bits per heavy atom. The number of piperidine rings is 1. The number of rotatable bonds is 2. The van der Waals surface area contributed by atoms with Crippen LogP contribution in [0.1, 0.15) is 26.7 Å². The zero-order valence-corrected chi connectivity index (χ0v) is 11.1. The summed E-state index contributed by atoms with van der Waals surface area (Å²) in [6.07, 6.45) is 2.20. The zero-order valence-electron chi connectivity index (χ0n) is 11.1. The number of carbonyl (C=O) groups excluding carboxylic acids is 1. The monoisotopic (exact) mass is 240 g/mol. The SMILES string of the molecule is CNC1CCN(C(=O)C2COC(C)C2)CC1C. The number of nitrogens with zero attached hydrogens (tertiary/aromatic N) is 1. The van der Waals surface area contributed by atoms with Gasteiger partial charge in [-0.1, -0.05) is 6.92 Å². The normalized spacial score (nSPS) is 38.4. The van der Waals surface area contributed by atoms with Crippen molar-refractivity contribution in [2.24, 2.45) is 11.8 Å². The Kier molecular flexibility index (Phi) is 4.05. The van der Waals surface area contributed by atoms with Crippen LogP contribution in [-0.4, -0.2) is 49.7 Å². The highest BCUT2D eigenvalue weighted by Crippen LogP contribution is 2.24. The number of likely N-dealkylation sites (tertiary alicyclic amines) is 1. The van der Waals surface area contributed by atoms with Crippen molar-refractivity contribution in [2.45, 2.75) is 38.8 Å². The van der Waals surface area contributed by atoms with E-state index in [1.54, 1.807) is 0 Å². The molecular weight excluding hydrogens is 216 g/mol. The van der Waals surface area contributed by atoms with E-state index >= 15 is 0 Å². The summed E-state index contributed by atoms with van der Waals surface area (Å²) in [6, 6.07) is 0.554. The quantitative estimate of drug-likeness (QED) is 0.778. The van der Waals surface area contributed by atoms with E-state index in [0.717, 1.165) is 25.9 Å². The molecule has 0 spiro atoms. The van der Waals surface area contributed by atoms with Crippen molar-refractivity contribution < 1.29 is 9.53 Å². The van der Waals surface area contributed by atoms with Crippen LogP contribution >= 0.6 is 0 Å². The second-order valence-corrected chi connectivity index (χ2v) is 5.52. The minimum atomic E-state index is 0.100. The maximum atomic E-state index is 12.3. The minimum Gasteiger partial charge on any atom is -0.378 e. The fraction of sp³-hybridized carbons (Fsp3) is 0.923. The van der Waals surface area contributed by atoms with E-state index in [4.69, 9.17) is 4.74 Å². The molecule has 0 saturated carbocycles. The van der Waals surface area contributed by atoms with Gasteiger partial charge in [-0.15, -0.1) is 0 Å². The molecule has 0 bridgehead atoms. The predicted octanol–water partition coefficient (Wildman–Crippen LogP) is 0.868. The van der Waals surface area contributed by atoms with Crippen molar-refractivity contribution in [1.82, 2.24) is 10.2 Å². The molecule has 4 nitrogen and oxygen atoms in total. The molecule has 0 aromatic heterocycles. The second kappa shape index (κ2) is 5.36. The Bertz CT molecular complexity index is 283. The van der Waals surface area contributed by atoms with Crippen LogP contribution in [0.4, 0.5) is 0 Å². The fourth-order valence-corrected chi connectivity index (χ4v) is 3.02. The number of amides is 1. The molecule has 0 aromatic rings. The summed E-state index contributed by atoms with van der Waals surface area (Å²) in [4.78, 5) is 14.3. The van der Waals surface area contributed by atoms with Gasteiger partial charge < -0.3 is 15.0 Å². The lowest BCUT2D eigenvalue weighted by Gasteiger charge is -2.37. The van der Waals surface area contributed by atoms with E-state index in [2.05, 4.69) is 12.2 Å². The van der Waals surface area contributed by atoms with Crippen LogP contribution in [0.15, 0.2) is 0 Å². The van der Waals surface area contributed by atoms with Gasteiger partial charge in [-0.05, 0) is 32.7 Å². The number of hydrogen-bond donors (Lipinski definition) is 1. The molecule has 17 heavy (non-hydrogen) atoms. The molecule has 2 rings (SSSR count). The summed E-state index contributed by atoms with van der Waals surface area (Å²) in [7, 11) is 2.01. The molecule has 1 N–H and O–H groups in total. The molecule has 2 saturated heterocycles. The first-order valence-electron chi connectivity index (χ1n) is 6.69. The van der Waals surface area contributed by atoms with Crippen molar-refractivity contribution in [3.63, 3.8) is 0 Å². The maximum Gasteiger partial charge on any atom is 0.228 e. The van der Waals surface area contributed by atoms with Gasteiger partial charge in [-0.3, -0.25) is 4.79 Å². The Balaban J connectivity index is 1.89. The second-order valence-electron chi connectivity index (χ2n) is 5.52. The molecule has 0 aromatic carbocycles. The molecule has 0 radical (unpaired) electrons. The van der Waals surface area contributed by atoms with Crippen molar-refractivity contribution >= 4 is 5.91 Å². The molecule has 4 heteroatoms. The standard InChI is InChI=1S/C13H24N2O2/c1-9-7-15(5-4-12(9)14-3)13(16)11-6-10(2)17-8-11/h9-12,14H,4-8H2,1-3H3. The van der Waals surface area contributed by atoms with Gasteiger partial charge in [-0.25, -0.2) is 0 Å². The van der Waals surface area contributed by atoms with E-state index in [1.165, 1.54) is 0 Å². The highest BCUT2D eigenvalue weighted by molar-refractivity contribution is 5.79. The first-order chi connectivity index (χ1) is 8.11. The van der Waals surface area contributed by atoms with Crippen LogP contribution in [0.2, 0.25) is 0 Å². The maximum absolute atomic E-state index is 12.3. The van der Waals surface area contributed by atoms with Crippen molar-refractivity contribution in [3.8, 4) is 0 Å². The van der Waals surface area contributed by atoms with Gasteiger partial charge >= 0.3 is 0 Å². The molecule has 2 fully saturated rings.